The molecule has 0 fully saturated rings. The summed E-state index contributed by atoms with van der Waals surface area (Å²) in [6, 6.07) is 3.94. The summed E-state index contributed by atoms with van der Waals surface area (Å²) in [4.78, 5) is 22.5. The van der Waals surface area contributed by atoms with Gasteiger partial charge in [0.05, 0.1) is 6.42 Å². The average molecular weight is 358 g/mol. The zero-order valence-electron chi connectivity index (χ0n) is 11.8. The van der Waals surface area contributed by atoms with Crippen molar-refractivity contribution in [2.45, 2.75) is 26.3 Å². The van der Waals surface area contributed by atoms with Gasteiger partial charge in [0.15, 0.2) is 0 Å². The number of carboxylic acid groups (broad SMARTS) is 1. The molecule has 4 nitrogen and oxygen atoms in total. The van der Waals surface area contributed by atoms with Gasteiger partial charge in [-0.3, -0.25) is 9.59 Å². The molecule has 1 aromatic rings. The minimum Gasteiger partial charge on any atom is -0.481 e. The second kappa shape index (κ2) is 7.93. The van der Waals surface area contributed by atoms with E-state index in [0.717, 1.165) is 0 Å². The van der Waals surface area contributed by atoms with E-state index in [2.05, 4.69) is 21.2 Å². The van der Waals surface area contributed by atoms with Crippen LogP contribution in [0.3, 0.4) is 0 Å². The van der Waals surface area contributed by atoms with Crippen LogP contribution < -0.4 is 5.32 Å². The quantitative estimate of drug-likeness (QED) is 0.768. The molecule has 0 radical (unpaired) electrons. The number of hydrogen-bond donors (Lipinski definition) is 2. The average Bonchev–Trinajstić information content (AvgIpc) is 2.38. The Balaban J connectivity index is 2.73. The third kappa shape index (κ3) is 6.08. The summed E-state index contributed by atoms with van der Waals surface area (Å²) < 4.78 is 14.2. The highest BCUT2D eigenvalue weighted by Crippen LogP contribution is 2.16. The second-order valence-corrected chi connectivity index (χ2v) is 5.87. The molecule has 114 valence electrons. The molecule has 1 rings (SSSR count). The van der Waals surface area contributed by atoms with Crippen LogP contribution in [0, 0.1) is 11.7 Å². The molecule has 21 heavy (non-hydrogen) atoms. The van der Waals surface area contributed by atoms with Crippen LogP contribution >= 0.6 is 15.9 Å². The van der Waals surface area contributed by atoms with E-state index < -0.39 is 23.7 Å². The smallest absolute Gasteiger partial charge is 0.305 e. The zero-order chi connectivity index (χ0) is 16.0. The maximum absolute atomic E-state index is 13.5. The maximum Gasteiger partial charge on any atom is 0.305 e. The first-order valence-electron chi connectivity index (χ1n) is 6.45. The molecular weight excluding hydrogens is 341 g/mol. The fourth-order valence-corrected chi connectivity index (χ4v) is 2.06. The van der Waals surface area contributed by atoms with Gasteiger partial charge >= 0.3 is 5.97 Å². The van der Waals surface area contributed by atoms with Gasteiger partial charge in [0.25, 0.3) is 0 Å². The summed E-state index contributed by atoms with van der Waals surface area (Å²) >= 11 is 3.22. The Morgan fingerprint density at radius 3 is 2.67 bits per heavy atom. The predicted octanol–water partition coefficient (Wildman–Crippen LogP) is 3.22. The molecule has 0 saturated heterocycles. The Kier molecular flexibility index (Phi) is 6.55. The lowest BCUT2D eigenvalue weighted by Crippen LogP contribution is -2.39. The van der Waals surface area contributed by atoms with Gasteiger partial charge < -0.3 is 10.4 Å². The number of benzene rings is 1. The number of rotatable bonds is 6. The summed E-state index contributed by atoms with van der Waals surface area (Å²) in [5, 5.41) is 11.4. The highest BCUT2D eigenvalue weighted by molar-refractivity contribution is 9.10. The number of aliphatic carboxylic acids is 1. The molecule has 0 saturated carbocycles. The van der Waals surface area contributed by atoms with E-state index in [1.54, 1.807) is 12.1 Å². The van der Waals surface area contributed by atoms with Gasteiger partial charge in [-0.1, -0.05) is 29.8 Å². The number of halogens is 2. The van der Waals surface area contributed by atoms with Crippen molar-refractivity contribution in [1.82, 2.24) is 5.32 Å². The lowest BCUT2D eigenvalue weighted by Gasteiger charge is -2.19. The van der Waals surface area contributed by atoms with Crippen molar-refractivity contribution in [1.29, 1.82) is 0 Å². The van der Waals surface area contributed by atoms with Gasteiger partial charge in [0.1, 0.15) is 5.82 Å². The van der Waals surface area contributed by atoms with Crippen LogP contribution in [-0.2, 0) is 9.59 Å². The van der Waals surface area contributed by atoms with Gasteiger partial charge in [0, 0.05) is 22.2 Å². The number of carboxylic acids is 1. The van der Waals surface area contributed by atoms with Crippen molar-refractivity contribution >= 4 is 33.9 Å². The summed E-state index contributed by atoms with van der Waals surface area (Å²) in [5.74, 6) is -1.88. The standard InChI is InChI=1S/C15H17BrFNO3/c1-9(2)13(8-15(20)21)18-14(19)6-3-10-7-11(16)4-5-12(10)17/h3-7,9,13H,8H2,1-2H3,(H,18,19)(H,20,21)/b6-3+. The molecule has 0 aromatic heterocycles. The molecule has 0 heterocycles. The Labute approximate surface area is 131 Å². The number of hydrogen-bond acceptors (Lipinski definition) is 2. The van der Waals surface area contributed by atoms with Crippen molar-refractivity contribution in [3.63, 3.8) is 0 Å². The molecule has 1 aromatic carbocycles. The van der Waals surface area contributed by atoms with Crippen molar-refractivity contribution in [2.75, 3.05) is 0 Å². The normalized spacial score (nSPS) is 12.6. The first kappa shape index (κ1) is 17.4. The Hall–Kier alpha value is -1.69. The van der Waals surface area contributed by atoms with Gasteiger partial charge in [-0.15, -0.1) is 0 Å². The molecule has 1 amide bonds. The largest absolute Gasteiger partial charge is 0.481 e. The molecule has 1 atom stereocenters. The van der Waals surface area contributed by atoms with E-state index in [0.29, 0.717) is 4.47 Å². The van der Waals surface area contributed by atoms with Gasteiger partial charge in [-0.05, 0) is 30.2 Å². The number of nitrogens with one attached hydrogen (secondary N) is 1. The highest BCUT2D eigenvalue weighted by atomic mass is 79.9. The summed E-state index contributed by atoms with van der Waals surface area (Å²) in [6.07, 6.45) is 2.40. The molecular formula is C15H17BrFNO3. The molecule has 1 unspecified atom stereocenters. The fourth-order valence-electron chi connectivity index (χ4n) is 1.68. The molecule has 0 aliphatic heterocycles. The molecule has 0 spiro atoms. The monoisotopic (exact) mass is 357 g/mol. The zero-order valence-corrected chi connectivity index (χ0v) is 13.4. The minimum absolute atomic E-state index is 0.0129. The van der Waals surface area contributed by atoms with Crippen LogP contribution in [0.2, 0.25) is 0 Å². The molecule has 0 aliphatic carbocycles. The van der Waals surface area contributed by atoms with Gasteiger partial charge in [0.2, 0.25) is 5.91 Å². The molecule has 6 heteroatoms. The number of carbonyl (C=O) groups is 2. The van der Waals surface area contributed by atoms with Crippen LogP contribution in [0.1, 0.15) is 25.8 Å². The van der Waals surface area contributed by atoms with E-state index in [1.165, 1.54) is 18.2 Å². The lowest BCUT2D eigenvalue weighted by molar-refractivity contribution is -0.138. The Morgan fingerprint density at radius 2 is 2.10 bits per heavy atom. The predicted molar refractivity (Wildman–Crippen MR) is 82.2 cm³/mol. The van der Waals surface area contributed by atoms with E-state index in [4.69, 9.17) is 5.11 Å². The van der Waals surface area contributed by atoms with Crippen LogP contribution in [0.15, 0.2) is 28.7 Å². The topological polar surface area (TPSA) is 66.4 Å². The number of carbonyl (C=O) groups excluding carboxylic acids is 1. The third-order valence-electron chi connectivity index (χ3n) is 2.90. The molecule has 2 N–H and O–H groups in total. The van der Waals surface area contributed by atoms with Crippen molar-refractivity contribution in [3.05, 3.63) is 40.1 Å². The summed E-state index contributed by atoms with van der Waals surface area (Å²) in [7, 11) is 0. The molecule has 0 bridgehead atoms. The second-order valence-electron chi connectivity index (χ2n) is 4.96. The maximum atomic E-state index is 13.5. The first-order chi connectivity index (χ1) is 9.79. The first-order valence-corrected chi connectivity index (χ1v) is 7.24. The highest BCUT2D eigenvalue weighted by Gasteiger charge is 2.18. The summed E-state index contributed by atoms with van der Waals surface area (Å²) in [5.41, 5.74) is 0.277. The van der Waals surface area contributed by atoms with E-state index >= 15 is 0 Å². The van der Waals surface area contributed by atoms with E-state index in [9.17, 15) is 14.0 Å². The lowest BCUT2D eigenvalue weighted by atomic mass is 10.0. The number of amides is 1. The van der Waals surface area contributed by atoms with Crippen molar-refractivity contribution in [3.8, 4) is 0 Å². The minimum atomic E-state index is -0.976. The Bertz CT molecular complexity index is 558. The van der Waals surface area contributed by atoms with Gasteiger partial charge in [-0.25, -0.2) is 4.39 Å². The van der Waals surface area contributed by atoms with Crippen LogP contribution in [-0.4, -0.2) is 23.0 Å². The Morgan fingerprint density at radius 1 is 1.43 bits per heavy atom. The van der Waals surface area contributed by atoms with Crippen LogP contribution in [0.4, 0.5) is 4.39 Å². The van der Waals surface area contributed by atoms with Crippen molar-refractivity contribution in [2.24, 2.45) is 5.92 Å². The molecule has 0 aliphatic rings. The van der Waals surface area contributed by atoms with E-state index in [1.807, 2.05) is 13.8 Å². The SMILES string of the molecule is CC(C)C(CC(=O)O)NC(=O)/C=C/c1cc(Br)ccc1F. The van der Waals surface area contributed by atoms with Gasteiger partial charge in [-0.2, -0.15) is 0 Å². The third-order valence-corrected chi connectivity index (χ3v) is 3.39. The van der Waals surface area contributed by atoms with Crippen LogP contribution in [0.5, 0.6) is 0 Å². The van der Waals surface area contributed by atoms with Crippen LogP contribution in [0.25, 0.3) is 6.08 Å². The van der Waals surface area contributed by atoms with Crippen molar-refractivity contribution < 1.29 is 19.1 Å². The summed E-state index contributed by atoms with van der Waals surface area (Å²) in [6.45, 7) is 3.65. The van der Waals surface area contributed by atoms with E-state index in [-0.39, 0.29) is 17.9 Å². The fraction of sp³-hybridized carbons (Fsp3) is 0.333.